The average Bonchev–Trinajstić information content (AvgIpc) is 2.93. The molecule has 1 heterocycles. The molecular formula is C22H25N3O2. The van der Waals surface area contributed by atoms with Gasteiger partial charge in [-0.25, -0.2) is 9.36 Å². The summed E-state index contributed by atoms with van der Waals surface area (Å²) >= 11 is 0. The fourth-order valence-electron chi connectivity index (χ4n) is 2.99. The Kier molecular flexibility index (Phi) is 4.87. The highest BCUT2D eigenvalue weighted by molar-refractivity contribution is 5.74. The first-order valence-electron chi connectivity index (χ1n) is 9.05. The maximum Gasteiger partial charge on any atom is 0.357 e. The third-order valence-electron chi connectivity index (χ3n) is 4.62. The highest BCUT2D eigenvalue weighted by atomic mass is 16.2. The van der Waals surface area contributed by atoms with Crippen molar-refractivity contribution < 1.29 is 4.79 Å². The van der Waals surface area contributed by atoms with E-state index in [0.29, 0.717) is 17.9 Å². The largest absolute Gasteiger partial charge is 0.357 e. The molecule has 27 heavy (non-hydrogen) atoms. The summed E-state index contributed by atoms with van der Waals surface area (Å²) in [6.45, 7) is 9.80. The van der Waals surface area contributed by atoms with E-state index in [1.165, 1.54) is 22.6 Å². The van der Waals surface area contributed by atoms with E-state index in [1.54, 1.807) is 0 Å². The van der Waals surface area contributed by atoms with Gasteiger partial charge < -0.3 is 0 Å². The number of aryl methyl sites for hydroxylation is 1. The molecule has 0 aliphatic rings. The zero-order valence-electron chi connectivity index (χ0n) is 16.5. The van der Waals surface area contributed by atoms with Crippen molar-refractivity contribution in [3.05, 3.63) is 81.5 Å². The minimum absolute atomic E-state index is 0.0256. The SMILES string of the molecule is CC(=O)n1nc(Cc2ccc(C)cc2)n(-c2ccc(C(C)(C)C)cc2)c1=O. The lowest BCUT2D eigenvalue weighted by molar-refractivity contribution is 0.0916. The number of rotatable bonds is 3. The van der Waals surface area contributed by atoms with E-state index < -0.39 is 11.6 Å². The molecule has 3 rings (SSSR count). The van der Waals surface area contributed by atoms with Crippen molar-refractivity contribution in [1.82, 2.24) is 14.3 Å². The molecule has 0 atom stereocenters. The molecule has 0 radical (unpaired) electrons. The predicted octanol–water partition coefficient (Wildman–Crippen LogP) is 3.89. The predicted molar refractivity (Wildman–Crippen MR) is 107 cm³/mol. The molecule has 5 heteroatoms. The summed E-state index contributed by atoms with van der Waals surface area (Å²) in [4.78, 5) is 24.6. The van der Waals surface area contributed by atoms with E-state index in [4.69, 9.17) is 0 Å². The molecular weight excluding hydrogens is 338 g/mol. The van der Waals surface area contributed by atoms with Crippen LogP contribution in [0.4, 0.5) is 0 Å². The standard InChI is InChI=1S/C22H25N3O2/c1-15-6-8-17(9-7-15)14-20-23-25(16(2)26)21(27)24(20)19-12-10-18(11-13-19)22(3,4)5/h6-13H,14H2,1-5H3. The summed E-state index contributed by atoms with van der Waals surface area (Å²) in [5, 5.41) is 4.29. The van der Waals surface area contributed by atoms with Gasteiger partial charge in [0, 0.05) is 13.3 Å². The average molecular weight is 363 g/mol. The number of carbonyl (C=O) groups excluding carboxylic acids is 1. The molecule has 0 amide bonds. The van der Waals surface area contributed by atoms with Gasteiger partial charge in [0.15, 0.2) is 0 Å². The Hall–Kier alpha value is -2.95. The fraction of sp³-hybridized carbons (Fsp3) is 0.318. The highest BCUT2D eigenvalue weighted by Gasteiger charge is 2.19. The van der Waals surface area contributed by atoms with Crippen molar-refractivity contribution in [2.24, 2.45) is 0 Å². The number of carbonyl (C=O) groups is 1. The van der Waals surface area contributed by atoms with Crippen molar-refractivity contribution in [3.8, 4) is 5.69 Å². The van der Waals surface area contributed by atoms with Gasteiger partial charge in [0.1, 0.15) is 5.82 Å². The van der Waals surface area contributed by atoms with Crippen LogP contribution in [-0.2, 0) is 11.8 Å². The smallest absolute Gasteiger partial charge is 0.273 e. The molecule has 2 aromatic carbocycles. The maximum atomic E-state index is 12.8. The van der Waals surface area contributed by atoms with Crippen molar-refractivity contribution in [2.75, 3.05) is 0 Å². The third-order valence-corrected chi connectivity index (χ3v) is 4.62. The van der Waals surface area contributed by atoms with Gasteiger partial charge in [-0.05, 0) is 35.6 Å². The van der Waals surface area contributed by atoms with Crippen molar-refractivity contribution >= 4 is 5.91 Å². The second-order valence-corrected chi connectivity index (χ2v) is 7.92. The normalized spacial score (nSPS) is 11.6. The van der Waals surface area contributed by atoms with Gasteiger partial charge >= 0.3 is 5.69 Å². The lowest BCUT2D eigenvalue weighted by atomic mass is 9.87. The molecule has 0 fully saturated rings. The Balaban J connectivity index is 2.09. The Morgan fingerprint density at radius 2 is 1.59 bits per heavy atom. The first-order chi connectivity index (χ1) is 12.7. The van der Waals surface area contributed by atoms with Crippen LogP contribution in [0.3, 0.4) is 0 Å². The summed E-state index contributed by atoms with van der Waals surface area (Å²) in [6.07, 6.45) is 0.469. The molecule has 0 unspecified atom stereocenters. The van der Waals surface area contributed by atoms with E-state index in [0.717, 1.165) is 10.2 Å². The molecule has 0 saturated heterocycles. The first-order valence-corrected chi connectivity index (χ1v) is 9.05. The number of nitrogens with zero attached hydrogens (tertiary/aromatic N) is 3. The van der Waals surface area contributed by atoms with E-state index >= 15 is 0 Å². The fourth-order valence-corrected chi connectivity index (χ4v) is 2.99. The second-order valence-electron chi connectivity index (χ2n) is 7.92. The zero-order valence-corrected chi connectivity index (χ0v) is 16.5. The summed E-state index contributed by atoms with van der Waals surface area (Å²) < 4.78 is 2.45. The van der Waals surface area contributed by atoms with E-state index in [-0.39, 0.29) is 5.41 Å². The quantitative estimate of drug-likeness (QED) is 0.709. The molecule has 0 bridgehead atoms. The zero-order chi connectivity index (χ0) is 19.8. The topological polar surface area (TPSA) is 56.9 Å². The van der Waals surface area contributed by atoms with Gasteiger partial charge in [-0.3, -0.25) is 4.79 Å². The van der Waals surface area contributed by atoms with Crippen LogP contribution in [0.15, 0.2) is 53.3 Å². The molecule has 1 aromatic heterocycles. The molecule has 0 spiro atoms. The van der Waals surface area contributed by atoms with Crippen LogP contribution in [0, 0.1) is 6.92 Å². The van der Waals surface area contributed by atoms with Gasteiger partial charge in [-0.15, -0.1) is 9.78 Å². The van der Waals surface area contributed by atoms with Gasteiger partial charge in [-0.2, -0.15) is 0 Å². The third kappa shape index (κ3) is 3.92. The van der Waals surface area contributed by atoms with E-state index in [9.17, 15) is 9.59 Å². The number of hydrogen-bond donors (Lipinski definition) is 0. The number of hydrogen-bond acceptors (Lipinski definition) is 3. The van der Waals surface area contributed by atoms with Crippen LogP contribution in [0.5, 0.6) is 0 Å². The first kappa shape index (κ1) is 18.8. The van der Waals surface area contributed by atoms with Crippen molar-refractivity contribution in [1.29, 1.82) is 0 Å². The number of benzene rings is 2. The summed E-state index contributed by atoms with van der Waals surface area (Å²) in [5.74, 6) is 0.151. The molecule has 5 nitrogen and oxygen atoms in total. The summed E-state index contributed by atoms with van der Waals surface area (Å²) in [5.41, 5.74) is 3.68. The second kappa shape index (κ2) is 6.99. The van der Waals surface area contributed by atoms with Crippen molar-refractivity contribution in [3.63, 3.8) is 0 Å². The molecule has 3 aromatic rings. The van der Waals surface area contributed by atoms with Crippen LogP contribution < -0.4 is 5.69 Å². The highest BCUT2D eigenvalue weighted by Crippen LogP contribution is 2.23. The Morgan fingerprint density at radius 1 is 1.00 bits per heavy atom. The summed E-state index contributed by atoms with van der Waals surface area (Å²) in [6, 6.07) is 15.9. The van der Waals surface area contributed by atoms with Crippen LogP contribution in [0.25, 0.3) is 5.69 Å². The number of aromatic nitrogens is 3. The minimum Gasteiger partial charge on any atom is -0.273 e. The van der Waals surface area contributed by atoms with E-state index in [1.807, 2.05) is 55.5 Å². The maximum absolute atomic E-state index is 12.8. The summed E-state index contributed by atoms with van der Waals surface area (Å²) in [7, 11) is 0. The molecule has 0 N–H and O–H groups in total. The van der Waals surface area contributed by atoms with Crippen molar-refractivity contribution in [2.45, 2.75) is 46.5 Å². The Labute approximate surface area is 159 Å². The molecule has 140 valence electrons. The van der Waals surface area contributed by atoms with Gasteiger partial charge in [0.05, 0.1) is 5.69 Å². The van der Waals surface area contributed by atoms with Crippen LogP contribution >= 0.6 is 0 Å². The van der Waals surface area contributed by atoms with Crippen LogP contribution in [0.2, 0.25) is 0 Å². The lowest BCUT2D eigenvalue weighted by Gasteiger charge is -2.19. The van der Waals surface area contributed by atoms with Crippen LogP contribution in [0.1, 0.15) is 55.0 Å². The Bertz CT molecular complexity index is 1020. The van der Waals surface area contributed by atoms with Gasteiger partial charge in [0.2, 0.25) is 5.91 Å². The monoisotopic (exact) mass is 363 g/mol. The molecule has 0 saturated carbocycles. The molecule has 0 aliphatic heterocycles. The van der Waals surface area contributed by atoms with Gasteiger partial charge in [-0.1, -0.05) is 62.7 Å². The molecule has 0 aliphatic carbocycles. The van der Waals surface area contributed by atoms with Gasteiger partial charge in [0.25, 0.3) is 0 Å². The minimum atomic E-state index is -0.437. The Morgan fingerprint density at radius 3 is 2.11 bits per heavy atom. The van der Waals surface area contributed by atoms with Crippen LogP contribution in [-0.4, -0.2) is 20.3 Å². The lowest BCUT2D eigenvalue weighted by Crippen LogP contribution is -2.27. The van der Waals surface area contributed by atoms with E-state index in [2.05, 4.69) is 25.9 Å².